The van der Waals surface area contributed by atoms with Crippen LogP contribution in [0.2, 0.25) is 0 Å². The molecule has 4 N–H and O–H groups in total. The second-order valence-electron chi connectivity index (χ2n) is 9.68. The van der Waals surface area contributed by atoms with Crippen molar-refractivity contribution < 1.29 is 27.2 Å². The van der Waals surface area contributed by atoms with Gasteiger partial charge in [-0.2, -0.15) is 8.42 Å². The Bertz CT molecular complexity index is 1820. The Kier molecular flexibility index (Phi) is 8.67. The van der Waals surface area contributed by atoms with Crippen LogP contribution in [0.5, 0.6) is 17.2 Å². The topological polar surface area (TPSA) is 159 Å². The number of nitrogens with two attached hydrogens (primary N) is 1. The van der Waals surface area contributed by atoms with Crippen LogP contribution >= 0.6 is 0 Å². The SMILES string of the molecule is COc1cc2ncc3c(N)nc(-c4cncc(OCC(Cc5ccccc5)NCCS(=O)(=O)O)c4)cc3c2cc1OC. The summed E-state index contributed by atoms with van der Waals surface area (Å²) in [6, 6.07) is 17.0. The summed E-state index contributed by atoms with van der Waals surface area (Å²) < 4.78 is 48.6. The number of anilines is 1. The molecule has 11 nitrogen and oxygen atoms in total. The Morgan fingerprint density at radius 3 is 2.45 bits per heavy atom. The number of benzene rings is 2. The smallest absolute Gasteiger partial charge is 0.266 e. The highest BCUT2D eigenvalue weighted by Gasteiger charge is 2.16. The van der Waals surface area contributed by atoms with Gasteiger partial charge in [0.1, 0.15) is 18.2 Å². The summed E-state index contributed by atoms with van der Waals surface area (Å²) in [4.78, 5) is 13.5. The molecule has 1 unspecified atom stereocenters. The standard InChI is InChI=1S/C30H31N5O6S/c1-39-28-13-24-23-12-26(35-30(31)25(23)17-34-27(24)14-29(28)40-2)20-11-22(16-32-15-20)41-18-21(33-8-9-42(36,37)38)10-19-6-4-3-5-7-19/h3-7,11-17,21,33H,8-10,18H2,1-2H3,(H2,31,35)(H,36,37,38). The summed E-state index contributed by atoms with van der Waals surface area (Å²) in [6.45, 7) is 0.314. The van der Waals surface area contributed by atoms with Crippen LogP contribution < -0.4 is 25.3 Å². The third kappa shape index (κ3) is 6.85. The van der Waals surface area contributed by atoms with E-state index in [9.17, 15) is 8.42 Å². The van der Waals surface area contributed by atoms with Gasteiger partial charge >= 0.3 is 0 Å². The van der Waals surface area contributed by atoms with Crippen LogP contribution in [-0.2, 0) is 16.5 Å². The highest BCUT2D eigenvalue weighted by atomic mass is 32.2. The lowest BCUT2D eigenvalue weighted by Gasteiger charge is -2.19. The molecule has 0 saturated heterocycles. The average Bonchev–Trinajstić information content (AvgIpc) is 2.99. The van der Waals surface area contributed by atoms with Crippen molar-refractivity contribution in [3.05, 3.63) is 78.8 Å². The van der Waals surface area contributed by atoms with Crippen molar-refractivity contribution in [3.8, 4) is 28.5 Å². The zero-order chi connectivity index (χ0) is 29.7. The summed E-state index contributed by atoms with van der Waals surface area (Å²) in [5.74, 6) is 1.58. The summed E-state index contributed by atoms with van der Waals surface area (Å²) in [5.41, 5.74) is 9.45. The van der Waals surface area contributed by atoms with Gasteiger partial charge in [-0.25, -0.2) is 4.98 Å². The predicted molar refractivity (Wildman–Crippen MR) is 162 cm³/mol. The summed E-state index contributed by atoms with van der Waals surface area (Å²) in [5, 5.41) is 5.55. The van der Waals surface area contributed by atoms with E-state index in [1.165, 1.54) is 0 Å². The quantitative estimate of drug-likeness (QED) is 0.143. The zero-order valence-corrected chi connectivity index (χ0v) is 24.0. The van der Waals surface area contributed by atoms with Crippen LogP contribution in [0.3, 0.4) is 0 Å². The van der Waals surface area contributed by atoms with E-state index in [1.54, 1.807) is 32.8 Å². The number of rotatable bonds is 12. The molecule has 0 radical (unpaired) electrons. The Morgan fingerprint density at radius 2 is 1.71 bits per heavy atom. The fraction of sp³-hybridized carbons (Fsp3) is 0.233. The van der Waals surface area contributed by atoms with Crippen molar-refractivity contribution in [2.45, 2.75) is 12.5 Å². The fourth-order valence-electron chi connectivity index (χ4n) is 4.72. The highest BCUT2D eigenvalue weighted by Crippen LogP contribution is 2.37. The van der Waals surface area contributed by atoms with E-state index in [0.29, 0.717) is 46.1 Å². The molecule has 0 aliphatic rings. The second-order valence-corrected chi connectivity index (χ2v) is 11.3. The Morgan fingerprint density at radius 1 is 0.952 bits per heavy atom. The number of aromatic nitrogens is 3. The van der Waals surface area contributed by atoms with Crippen molar-refractivity contribution in [1.82, 2.24) is 20.3 Å². The first-order valence-corrected chi connectivity index (χ1v) is 14.8. The van der Waals surface area contributed by atoms with Gasteiger partial charge in [-0.1, -0.05) is 30.3 Å². The van der Waals surface area contributed by atoms with Crippen LogP contribution in [0, 0.1) is 0 Å². The lowest BCUT2D eigenvalue weighted by Crippen LogP contribution is -2.39. The Balaban J connectivity index is 1.41. The van der Waals surface area contributed by atoms with Gasteiger partial charge in [0.25, 0.3) is 10.1 Å². The fourth-order valence-corrected chi connectivity index (χ4v) is 5.10. The summed E-state index contributed by atoms with van der Waals surface area (Å²) in [6.07, 6.45) is 5.56. The van der Waals surface area contributed by atoms with Crippen LogP contribution in [0.1, 0.15) is 5.56 Å². The number of nitrogen functional groups attached to an aromatic ring is 1. The van der Waals surface area contributed by atoms with E-state index < -0.39 is 15.9 Å². The van der Waals surface area contributed by atoms with E-state index in [-0.39, 0.29) is 19.2 Å². The van der Waals surface area contributed by atoms with Crippen molar-refractivity contribution in [1.29, 1.82) is 0 Å². The first-order valence-electron chi connectivity index (χ1n) is 13.2. The molecule has 0 aliphatic heterocycles. The van der Waals surface area contributed by atoms with E-state index >= 15 is 0 Å². The molecule has 42 heavy (non-hydrogen) atoms. The number of methoxy groups -OCH3 is 2. The van der Waals surface area contributed by atoms with E-state index in [0.717, 1.165) is 21.9 Å². The molecule has 0 spiro atoms. The summed E-state index contributed by atoms with van der Waals surface area (Å²) >= 11 is 0. The maximum atomic E-state index is 11.2. The normalized spacial score (nSPS) is 12.4. The van der Waals surface area contributed by atoms with Gasteiger partial charge < -0.3 is 25.3 Å². The summed E-state index contributed by atoms with van der Waals surface area (Å²) in [7, 11) is -0.930. The van der Waals surface area contributed by atoms with Gasteiger partial charge in [0.15, 0.2) is 11.5 Å². The monoisotopic (exact) mass is 589 g/mol. The Labute approximate surface area is 243 Å². The van der Waals surface area contributed by atoms with Crippen LogP contribution in [-0.4, -0.2) is 67.1 Å². The first-order chi connectivity index (χ1) is 20.2. The van der Waals surface area contributed by atoms with Gasteiger partial charge in [-0.3, -0.25) is 14.5 Å². The molecule has 218 valence electrons. The van der Waals surface area contributed by atoms with Crippen molar-refractivity contribution in [3.63, 3.8) is 0 Å². The number of fused-ring (bicyclic) bond motifs is 3. The molecule has 0 bridgehead atoms. The minimum absolute atomic E-state index is 0.0811. The first kappa shape index (κ1) is 29.0. The lowest BCUT2D eigenvalue weighted by atomic mass is 10.0. The maximum Gasteiger partial charge on any atom is 0.266 e. The van der Waals surface area contributed by atoms with Gasteiger partial charge in [-0.05, 0) is 35.6 Å². The van der Waals surface area contributed by atoms with Crippen molar-refractivity contribution in [2.75, 3.05) is 38.9 Å². The molecule has 0 fully saturated rings. The highest BCUT2D eigenvalue weighted by molar-refractivity contribution is 7.85. The van der Waals surface area contributed by atoms with E-state index in [4.69, 9.17) is 24.5 Å². The molecular weight excluding hydrogens is 558 g/mol. The van der Waals surface area contributed by atoms with Gasteiger partial charge in [0.05, 0.1) is 37.4 Å². The van der Waals surface area contributed by atoms with Gasteiger partial charge in [0.2, 0.25) is 0 Å². The molecule has 2 aromatic carbocycles. The number of ether oxygens (including phenoxy) is 3. The molecule has 3 heterocycles. The molecule has 0 saturated carbocycles. The van der Waals surface area contributed by atoms with Crippen LogP contribution in [0.4, 0.5) is 5.82 Å². The molecule has 5 rings (SSSR count). The molecule has 0 aliphatic carbocycles. The number of hydrogen-bond donors (Lipinski definition) is 3. The van der Waals surface area contributed by atoms with E-state index in [2.05, 4.69) is 20.3 Å². The van der Waals surface area contributed by atoms with Gasteiger partial charge in [0, 0.05) is 47.4 Å². The molecule has 12 heteroatoms. The molecule has 5 aromatic rings. The predicted octanol–water partition coefficient (Wildman–Crippen LogP) is 3.91. The number of hydrogen-bond acceptors (Lipinski definition) is 10. The Hall–Kier alpha value is -4.52. The van der Waals surface area contributed by atoms with Crippen molar-refractivity contribution in [2.24, 2.45) is 0 Å². The lowest BCUT2D eigenvalue weighted by molar-refractivity contribution is 0.264. The number of pyridine rings is 3. The molecule has 1 atom stereocenters. The van der Waals surface area contributed by atoms with Crippen LogP contribution in [0.15, 0.2) is 73.2 Å². The number of nitrogens with one attached hydrogen (secondary N) is 1. The second kappa shape index (κ2) is 12.6. The minimum atomic E-state index is -4.08. The third-order valence-corrected chi connectivity index (χ3v) is 7.51. The minimum Gasteiger partial charge on any atom is -0.493 e. The molecule has 0 amide bonds. The van der Waals surface area contributed by atoms with Gasteiger partial charge in [-0.15, -0.1) is 0 Å². The largest absolute Gasteiger partial charge is 0.493 e. The maximum absolute atomic E-state index is 11.2. The van der Waals surface area contributed by atoms with Crippen LogP contribution in [0.25, 0.3) is 32.9 Å². The average molecular weight is 590 g/mol. The number of nitrogens with zero attached hydrogens (tertiary/aromatic N) is 3. The third-order valence-electron chi connectivity index (χ3n) is 6.79. The molecule has 3 aromatic heterocycles. The zero-order valence-electron chi connectivity index (χ0n) is 23.1. The molecular formula is C30H31N5O6S. The van der Waals surface area contributed by atoms with E-state index in [1.807, 2.05) is 54.6 Å². The van der Waals surface area contributed by atoms with Crippen molar-refractivity contribution >= 4 is 37.6 Å².